The molecule has 0 amide bonds. The first-order valence-corrected chi connectivity index (χ1v) is 7.83. The molecule has 2 N–H and O–H groups in total. The van der Waals surface area contributed by atoms with E-state index in [1.165, 1.54) is 19.3 Å². The lowest BCUT2D eigenvalue weighted by molar-refractivity contribution is 0.121. The number of nitrogens with zero attached hydrogens (tertiary/aromatic N) is 3. The molecule has 0 saturated carbocycles. The van der Waals surface area contributed by atoms with E-state index in [1.54, 1.807) is 0 Å². The first-order valence-electron chi connectivity index (χ1n) is 7.83. The van der Waals surface area contributed by atoms with Crippen molar-refractivity contribution in [2.24, 2.45) is 5.73 Å². The van der Waals surface area contributed by atoms with Gasteiger partial charge in [0.15, 0.2) is 0 Å². The summed E-state index contributed by atoms with van der Waals surface area (Å²) in [5.41, 5.74) is 8.36. The Balaban J connectivity index is 1.72. The third kappa shape index (κ3) is 3.34. The summed E-state index contributed by atoms with van der Waals surface area (Å²) >= 11 is 0. The van der Waals surface area contributed by atoms with Crippen LogP contribution >= 0.6 is 0 Å². The summed E-state index contributed by atoms with van der Waals surface area (Å²) in [6.45, 7) is 4.14. The van der Waals surface area contributed by atoms with E-state index < -0.39 is 0 Å². The standard InChI is InChI=1S/C17H24N4/c1-14(18)17-9-5-6-11-20(17)13-15-10-12-21(19-15)16-7-3-2-4-8-16/h2-4,7-8,10,12,14,17H,5-6,9,11,13,18H2,1H3. The smallest absolute Gasteiger partial charge is 0.0769 e. The zero-order valence-electron chi connectivity index (χ0n) is 12.7. The Morgan fingerprint density at radius 3 is 2.81 bits per heavy atom. The van der Waals surface area contributed by atoms with Crippen molar-refractivity contribution in [3.63, 3.8) is 0 Å². The second-order valence-corrected chi connectivity index (χ2v) is 5.98. The highest BCUT2D eigenvalue weighted by molar-refractivity contribution is 5.30. The lowest BCUT2D eigenvalue weighted by atomic mass is 9.97. The number of hydrogen-bond acceptors (Lipinski definition) is 3. The number of aromatic nitrogens is 2. The fraction of sp³-hybridized carbons (Fsp3) is 0.471. The van der Waals surface area contributed by atoms with Gasteiger partial charge in [0.1, 0.15) is 0 Å². The Bertz CT molecular complexity index is 561. The van der Waals surface area contributed by atoms with E-state index in [0.717, 1.165) is 24.5 Å². The van der Waals surface area contributed by atoms with E-state index in [-0.39, 0.29) is 6.04 Å². The van der Waals surface area contributed by atoms with Gasteiger partial charge in [0.2, 0.25) is 0 Å². The normalized spacial score (nSPS) is 21.3. The molecule has 1 aromatic heterocycles. The summed E-state index contributed by atoms with van der Waals surface area (Å²) < 4.78 is 1.94. The average Bonchev–Trinajstić information content (AvgIpc) is 2.97. The SMILES string of the molecule is CC(N)C1CCCCN1Cc1ccn(-c2ccccc2)n1. The minimum atomic E-state index is 0.224. The van der Waals surface area contributed by atoms with Crippen molar-refractivity contribution in [1.82, 2.24) is 14.7 Å². The van der Waals surface area contributed by atoms with Gasteiger partial charge in [0, 0.05) is 24.8 Å². The fourth-order valence-corrected chi connectivity index (χ4v) is 3.19. The summed E-state index contributed by atoms with van der Waals surface area (Å²) in [7, 11) is 0. The number of nitrogens with two attached hydrogens (primary N) is 1. The van der Waals surface area contributed by atoms with Gasteiger partial charge in [-0.05, 0) is 44.5 Å². The molecular weight excluding hydrogens is 260 g/mol. The first kappa shape index (κ1) is 14.3. The van der Waals surface area contributed by atoms with Crippen LogP contribution in [-0.4, -0.2) is 33.3 Å². The number of benzene rings is 1. The second-order valence-electron chi connectivity index (χ2n) is 5.98. The minimum Gasteiger partial charge on any atom is -0.327 e. The second kappa shape index (κ2) is 6.41. The highest BCUT2D eigenvalue weighted by atomic mass is 15.3. The zero-order chi connectivity index (χ0) is 14.7. The van der Waals surface area contributed by atoms with Gasteiger partial charge < -0.3 is 5.73 Å². The van der Waals surface area contributed by atoms with Gasteiger partial charge in [0.05, 0.1) is 11.4 Å². The number of piperidine rings is 1. The van der Waals surface area contributed by atoms with Crippen LogP contribution in [0.5, 0.6) is 0 Å². The van der Waals surface area contributed by atoms with Crippen LogP contribution < -0.4 is 5.73 Å². The maximum Gasteiger partial charge on any atom is 0.0769 e. The van der Waals surface area contributed by atoms with Crippen LogP contribution in [-0.2, 0) is 6.54 Å². The van der Waals surface area contributed by atoms with E-state index in [9.17, 15) is 0 Å². The topological polar surface area (TPSA) is 47.1 Å². The third-order valence-corrected chi connectivity index (χ3v) is 4.30. The van der Waals surface area contributed by atoms with Crippen LogP contribution in [0.3, 0.4) is 0 Å². The molecular formula is C17H24N4. The molecule has 0 aliphatic carbocycles. The van der Waals surface area contributed by atoms with Crippen molar-refractivity contribution in [2.45, 2.75) is 44.8 Å². The van der Waals surface area contributed by atoms with Crippen molar-refractivity contribution >= 4 is 0 Å². The summed E-state index contributed by atoms with van der Waals surface area (Å²) in [4.78, 5) is 2.49. The third-order valence-electron chi connectivity index (χ3n) is 4.30. The molecule has 1 saturated heterocycles. The molecule has 2 heterocycles. The molecule has 0 radical (unpaired) electrons. The molecule has 1 fully saturated rings. The van der Waals surface area contributed by atoms with Crippen molar-refractivity contribution in [1.29, 1.82) is 0 Å². The van der Waals surface area contributed by atoms with Crippen molar-refractivity contribution in [2.75, 3.05) is 6.54 Å². The van der Waals surface area contributed by atoms with E-state index >= 15 is 0 Å². The molecule has 21 heavy (non-hydrogen) atoms. The Morgan fingerprint density at radius 2 is 2.05 bits per heavy atom. The van der Waals surface area contributed by atoms with Crippen LogP contribution in [0, 0.1) is 0 Å². The average molecular weight is 284 g/mol. The van der Waals surface area contributed by atoms with Crippen LogP contribution in [0.2, 0.25) is 0 Å². The molecule has 0 bridgehead atoms. The monoisotopic (exact) mass is 284 g/mol. The van der Waals surface area contributed by atoms with Crippen molar-refractivity contribution in [3.8, 4) is 5.69 Å². The number of likely N-dealkylation sites (tertiary alicyclic amines) is 1. The van der Waals surface area contributed by atoms with Crippen LogP contribution in [0.15, 0.2) is 42.6 Å². The van der Waals surface area contributed by atoms with E-state index in [4.69, 9.17) is 10.8 Å². The lowest BCUT2D eigenvalue weighted by Crippen LogP contribution is -2.48. The number of para-hydroxylation sites is 1. The van der Waals surface area contributed by atoms with Crippen molar-refractivity contribution in [3.05, 3.63) is 48.3 Å². The predicted molar refractivity (Wildman–Crippen MR) is 85.3 cm³/mol. The Labute approximate surface area is 126 Å². The van der Waals surface area contributed by atoms with Gasteiger partial charge in [-0.15, -0.1) is 0 Å². The number of hydrogen-bond donors (Lipinski definition) is 1. The minimum absolute atomic E-state index is 0.224. The molecule has 4 heteroatoms. The van der Waals surface area contributed by atoms with Gasteiger partial charge in [-0.3, -0.25) is 4.90 Å². The highest BCUT2D eigenvalue weighted by Gasteiger charge is 2.25. The molecule has 4 nitrogen and oxygen atoms in total. The fourth-order valence-electron chi connectivity index (χ4n) is 3.19. The summed E-state index contributed by atoms with van der Waals surface area (Å²) in [6.07, 6.45) is 5.80. The summed E-state index contributed by atoms with van der Waals surface area (Å²) in [5.74, 6) is 0. The summed E-state index contributed by atoms with van der Waals surface area (Å²) in [6, 6.07) is 13.1. The maximum absolute atomic E-state index is 6.14. The molecule has 2 aromatic rings. The van der Waals surface area contributed by atoms with Crippen LogP contribution in [0.25, 0.3) is 5.69 Å². The van der Waals surface area contributed by atoms with Gasteiger partial charge in [0.25, 0.3) is 0 Å². The zero-order valence-corrected chi connectivity index (χ0v) is 12.7. The molecule has 112 valence electrons. The van der Waals surface area contributed by atoms with Crippen molar-refractivity contribution < 1.29 is 0 Å². The molecule has 0 spiro atoms. The van der Waals surface area contributed by atoms with E-state index in [2.05, 4.69) is 30.0 Å². The quantitative estimate of drug-likeness (QED) is 0.938. The Morgan fingerprint density at radius 1 is 1.24 bits per heavy atom. The molecule has 2 atom stereocenters. The maximum atomic E-state index is 6.14. The van der Waals surface area contributed by atoms with Gasteiger partial charge >= 0.3 is 0 Å². The van der Waals surface area contributed by atoms with Gasteiger partial charge in [-0.1, -0.05) is 24.6 Å². The largest absolute Gasteiger partial charge is 0.327 e. The highest BCUT2D eigenvalue weighted by Crippen LogP contribution is 2.21. The van der Waals surface area contributed by atoms with Gasteiger partial charge in [-0.25, -0.2) is 4.68 Å². The van der Waals surface area contributed by atoms with E-state index in [1.807, 2.05) is 29.1 Å². The van der Waals surface area contributed by atoms with Gasteiger partial charge in [-0.2, -0.15) is 5.10 Å². The van der Waals surface area contributed by atoms with E-state index in [0.29, 0.717) is 6.04 Å². The predicted octanol–water partition coefficient (Wildman–Crippen LogP) is 2.57. The lowest BCUT2D eigenvalue weighted by Gasteiger charge is -2.37. The molecule has 1 aliphatic rings. The van der Waals surface area contributed by atoms with Crippen LogP contribution in [0.4, 0.5) is 0 Å². The number of rotatable bonds is 4. The Kier molecular flexibility index (Phi) is 4.36. The molecule has 2 unspecified atom stereocenters. The molecule has 1 aromatic carbocycles. The summed E-state index contributed by atoms with van der Waals surface area (Å²) in [5, 5.41) is 4.70. The molecule has 3 rings (SSSR count). The Hall–Kier alpha value is -1.65. The first-order chi connectivity index (χ1) is 10.2. The van der Waals surface area contributed by atoms with Crippen LogP contribution in [0.1, 0.15) is 31.9 Å². The molecule has 1 aliphatic heterocycles.